The summed E-state index contributed by atoms with van der Waals surface area (Å²) in [5, 5.41) is 4.13. The molecule has 2 amide bonds. The van der Waals surface area contributed by atoms with Crippen molar-refractivity contribution in [1.82, 2.24) is 10.2 Å². The van der Waals surface area contributed by atoms with Gasteiger partial charge in [-0.05, 0) is 43.4 Å². The Bertz CT molecular complexity index is 475. The molecular weight excluding hydrogens is 283 g/mol. The maximum Gasteiger partial charge on any atom is 0.317 e. The number of amides is 2. The number of halogens is 2. The predicted octanol–water partition coefficient (Wildman–Crippen LogP) is 4.11. The lowest BCUT2D eigenvalue weighted by atomic mass is 10.1. The van der Waals surface area contributed by atoms with Crippen LogP contribution in [0.3, 0.4) is 0 Å². The summed E-state index contributed by atoms with van der Waals surface area (Å²) in [6.45, 7) is 2.72. The number of hydrogen-bond donors (Lipinski definition) is 1. The molecule has 0 spiro atoms. The third-order valence-corrected chi connectivity index (χ3v) is 4.12. The Balaban J connectivity index is 2.00. The molecule has 0 bridgehead atoms. The number of nitrogens with one attached hydrogen (secondary N) is 1. The minimum atomic E-state index is -0.0935. The van der Waals surface area contributed by atoms with E-state index in [1.165, 1.54) is 12.8 Å². The molecule has 0 radical (unpaired) electrons. The molecule has 0 saturated heterocycles. The van der Waals surface area contributed by atoms with E-state index in [-0.39, 0.29) is 12.1 Å². The molecule has 3 nitrogen and oxygen atoms in total. The largest absolute Gasteiger partial charge is 0.338 e. The SMILES string of the molecule is CC(c1ccc(Cl)cc1Cl)N(C)C(=O)NCC1CC1. The summed E-state index contributed by atoms with van der Waals surface area (Å²) in [5.41, 5.74) is 0.898. The van der Waals surface area contributed by atoms with Gasteiger partial charge in [0.25, 0.3) is 0 Å². The zero-order valence-electron chi connectivity index (χ0n) is 11.1. The zero-order valence-corrected chi connectivity index (χ0v) is 12.6. The summed E-state index contributed by atoms with van der Waals surface area (Å²) in [5.74, 6) is 0.673. The Labute approximate surface area is 123 Å². The molecule has 5 heteroatoms. The number of benzene rings is 1. The summed E-state index contributed by atoms with van der Waals surface area (Å²) in [4.78, 5) is 13.7. The molecule has 0 heterocycles. The number of carbonyl (C=O) groups is 1. The van der Waals surface area contributed by atoms with E-state index in [0.29, 0.717) is 16.0 Å². The Morgan fingerprint density at radius 3 is 2.74 bits per heavy atom. The number of urea groups is 1. The number of nitrogens with zero attached hydrogens (tertiary/aromatic N) is 1. The lowest BCUT2D eigenvalue weighted by Gasteiger charge is -2.26. The number of carbonyl (C=O) groups excluding carboxylic acids is 1. The van der Waals surface area contributed by atoms with E-state index in [2.05, 4.69) is 5.32 Å². The normalized spacial score (nSPS) is 16.0. The van der Waals surface area contributed by atoms with Crippen LogP contribution in [0.25, 0.3) is 0 Å². The monoisotopic (exact) mass is 300 g/mol. The van der Waals surface area contributed by atoms with Gasteiger partial charge in [-0.15, -0.1) is 0 Å². The highest BCUT2D eigenvalue weighted by atomic mass is 35.5. The fourth-order valence-electron chi connectivity index (χ4n) is 1.90. The van der Waals surface area contributed by atoms with E-state index in [9.17, 15) is 4.79 Å². The highest BCUT2D eigenvalue weighted by molar-refractivity contribution is 6.35. The van der Waals surface area contributed by atoms with Crippen LogP contribution in [0.2, 0.25) is 10.0 Å². The topological polar surface area (TPSA) is 32.3 Å². The molecule has 1 saturated carbocycles. The van der Waals surface area contributed by atoms with Gasteiger partial charge >= 0.3 is 6.03 Å². The average molecular weight is 301 g/mol. The minimum Gasteiger partial charge on any atom is -0.338 e. The average Bonchev–Trinajstić information content (AvgIpc) is 3.18. The second-order valence-corrected chi connectivity index (χ2v) is 5.93. The highest BCUT2D eigenvalue weighted by Crippen LogP contribution is 2.30. The molecule has 0 aromatic heterocycles. The fourth-order valence-corrected chi connectivity index (χ4v) is 2.47. The molecule has 2 rings (SSSR count). The first-order valence-electron chi connectivity index (χ1n) is 6.44. The van der Waals surface area contributed by atoms with Crippen molar-refractivity contribution in [3.63, 3.8) is 0 Å². The van der Waals surface area contributed by atoms with E-state index in [1.54, 1.807) is 24.1 Å². The Morgan fingerprint density at radius 2 is 2.16 bits per heavy atom. The first kappa shape index (κ1) is 14.5. The van der Waals surface area contributed by atoms with E-state index in [0.717, 1.165) is 12.1 Å². The second-order valence-electron chi connectivity index (χ2n) is 5.08. The number of hydrogen-bond acceptors (Lipinski definition) is 1. The maximum absolute atomic E-state index is 12.0. The van der Waals surface area contributed by atoms with Gasteiger partial charge in [-0.3, -0.25) is 0 Å². The van der Waals surface area contributed by atoms with Gasteiger partial charge in [0.2, 0.25) is 0 Å². The molecule has 104 valence electrons. The molecule has 1 atom stereocenters. The molecule has 19 heavy (non-hydrogen) atoms. The van der Waals surface area contributed by atoms with Crippen molar-refractivity contribution in [2.45, 2.75) is 25.8 Å². The Kier molecular flexibility index (Phi) is 4.58. The van der Waals surface area contributed by atoms with Crippen molar-refractivity contribution in [3.05, 3.63) is 33.8 Å². The third-order valence-electron chi connectivity index (χ3n) is 3.55. The van der Waals surface area contributed by atoms with Gasteiger partial charge in [0.05, 0.1) is 6.04 Å². The third kappa shape index (κ3) is 3.77. The van der Waals surface area contributed by atoms with Gasteiger partial charge in [-0.1, -0.05) is 29.3 Å². The van der Waals surface area contributed by atoms with E-state index in [4.69, 9.17) is 23.2 Å². The summed E-state index contributed by atoms with van der Waals surface area (Å²) < 4.78 is 0. The van der Waals surface area contributed by atoms with Crippen molar-refractivity contribution >= 4 is 29.2 Å². The van der Waals surface area contributed by atoms with Crippen LogP contribution < -0.4 is 5.32 Å². The zero-order chi connectivity index (χ0) is 14.0. The molecule has 0 aliphatic heterocycles. The molecule has 1 fully saturated rings. The summed E-state index contributed by atoms with van der Waals surface area (Å²) in [7, 11) is 1.78. The van der Waals surface area contributed by atoms with Gasteiger partial charge in [0.1, 0.15) is 0 Å². The van der Waals surface area contributed by atoms with Crippen LogP contribution in [0.4, 0.5) is 4.79 Å². The molecule has 1 aromatic carbocycles. The molecule has 1 N–H and O–H groups in total. The lowest BCUT2D eigenvalue weighted by Crippen LogP contribution is -2.39. The number of rotatable bonds is 4. The van der Waals surface area contributed by atoms with Crippen molar-refractivity contribution in [1.29, 1.82) is 0 Å². The van der Waals surface area contributed by atoms with E-state index < -0.39 is 0 Å². The first-order chi connectivity index (χ1) is 8.99. The summed E-state index contributed by atoms with van der Waals surface area (Å²) in [6, 6.07) is 5.19. The Morgan fingerprint density at radius 1 is 1.47 bits per heavy atom. The fraction of sp³-hybridized carbons (Fsp3) is 0.500. The molecule has 1 aliphatic rings. The van der Waals surface area contributed by atoms with Crippen LogP contribution in [-0.2, 0) is 0 Å². The van der Waals surface area contributed by atoms with Gasteiger partial charge in [0.15, 0.2) is 0 Å². The van der Waals surface area contributed by atoms with Crippen molar-refractivity contribution < 1.29 is 4.79 Å². The van der Waals surface area contributed by atoms with Crippen LogP contribution in [0.5, 0.6) is 0 Å². The van der Waals surface area contributed by atoms with Crippen LogP contribution in [0, 0.1) is 5.92 Å². The molecule has 1 aromatic rings. The van der Waals surface area contributed by atoms with Crippen molar-refractivity contribution in [3.8, 4) is 0 Å². The van der Waals surface area contributed by atoms with Crippen LogP contribution in [-0.4, -0.2) is 24.5 Å². The minimum absolute atomic E-state index is 0.0644. The predicted molar refractivity (Wildman–Crippen MR) is 78.8 cm³/mol. The molecular formula is C14H18Cl2N2O. The summed E-state index contributed by atoms with van der Waals surface area (Å²) in [6.07, 6.45) is 2.45. The Hall–Kier alpha value is -0.930. The van der Waals surface area contributed by atoms with Crippen LogP contribution >= 0.6 is 23.2 Å². The van der Waals surface area contributed by atoms with Crippen LogP contribution in [0.15, 0.2) is 18.2 Å². The molecule has 1 aliphatic carbocycles. The van der Waals surface area contributed by atoms with E-state index >= 15 is 0 Å². The van der Waals surface area contributed by atoms with Gasteiger partial charge in [-0.2, -0.15) is 0 Å². The molecule has 1 unspecified atom stereocenters. The lowest BCUT2D eigenvalue weighted by molar-refractivity contribution is 0.194. The van der Waals surface area contributed by atoms with Crippen LogP contribution in [0.1, 0.15) is 31.4 Å². The van der Waals surface area contributed by atoms with Crippen molar-refractivity contribution in [2.24, 2.45) is 5.92 Å². The quantitative estimate of drug-likeness (QED) is 0.892. The van der Waals surface area contributed by atoms with E-state index in [1.807, 2.05) is 13.0 Å². The summed E-state index contributed by atoms with van der Waals surface area (Å²) >= 11 is 12.0. The van der Waals surface area contributed by atoms with Crippen molar-refractivity contribution in [2.75, 3.05) is 13.6 Å². The smallest absolute Gasteiger partial charge is 0.317 e. The second kappa shape index (κ2) is 6.02. The van der Waals surface area contributed by atoms with Gasteiger partial charge in [0, 0.05) is 23.6 Å². The first-order valence-corrected chi connectivity index (χ1v) is 7.20. The highest BCUT2D eigenvalue weighted by Gasteiger charge is 2.24. The maximum atomic E-state index is 12.0. The van der Waals surface area contributed by atoms with Gasteiger partial charge in [-0.25, -0.2) is 4.79 Å². The van der Waals surface area contributed by atoms with Gasteiger partial charge < -0.3 is 10.2 Å². The standard InChI is InChI=1S/C14H18Cl2N2O/c1-9(12-6-5-11(15)7-13(12)16)18(2)14(19)17-8-10-3-4-10/h5-7,9-10H,3-4,8H2,1-2H3,(H,17,19).